The van der Waals surface area contributed by atoms with Gasteiger partial charge in [0.1, 0.15) is 11.6 Å². The first-order valence-electron chi connectivity index (χ1n) is 6.92. The number of hydrogen-bond donors (Lipinski definition) is 2. The second-order valence-corrected chi connectivity index (χ2v) is 5.80. The second kappa shape index (κ2) is 5.14. The Balaban J connectivity index is 1.67. The summed E-state index contributed by atoms with van der Waals surface area (Å²) < 4.78 is 18.9. The molecule has 0 radical (unpaired) electrons. The van der Waals surface area contributed by atoms with Crippen LogP contribution in [0.25, 0.3) is 0 Å². The minimum Gasteiger partial charge on any atom is -0.494 e. The molecule has 1 aromatic rings. The third-order valence-corrected chi connectivity index (χ3v) is 4.59. The largest absolute Gasteiger partial charge is 0.494 e. The van der Waals surface area contributed by atoms with Crippen molar-refractivity contribution in [2.75, 3.05) is 6.61 Å². The molecule has 5 heteroatoms. The van der Waals surface area contributed by atoms with Crippen molar-refractivity contribution in [2.45, 2.75) is 25.7 Å². The third kappa shape index (κ3) is 2.62. The smallest absolute Gasteiger partial charge is 0.492 e. The summed E-state index contributed by atoms with van der Waals surface area (Å²) in [5, 5.41) is 18.5. The van der Waals surface area contributed by atoms with Crippen LogP contribution < -0.4 is 10.2 Å². The van der Waals surface area contributed by atoms with Gasteiger partial charge in [-0.15, -0.1) is 0 Å². The van der Waals surface area contributed by atoms with Gasteiger partial charge in [0.15, 0.2) is 0 Å². The summed E-state index contributed by atoms with van der Waals surface area (Å²) in [6, 6.07) is 3.79. The molecular formula is C14H18BFO3. The van der Waals surface area contributed by atoms with E-state index in [4.69, 9.17) is 4.74 Å². The second-order valence-electron chi connectivity index (χ2n) is 5.80. The van der Waals surface area contributed by atoms with Crippen molar-refractivity contribution in [1.82, 2.24) is 0 Å². The summed E-state index contributed by atoms with van der Waals surface area (Å²) in [6.45, 7) is 0.546. The van der Waals surface area contributed by atoms with Crippen molar-refractivity contribution in [3.05, 3.63) is 24.0 Å². The van der Waals surface area contributed by atoms with E-state index in [0.29, 0.717) is 12.5 Å². The average molecular weight is 264 g/mol. The number of hydrogen-bond acceptors (Lipinski definition) is 3. The zero-order valence-electron chi connectivity index (χ0n) is 10.8. The first kappa shape index (κ1) is 12.9. The van der Waals surface area contributed by atoms with Gasteiger partial charge in [-0.3, -0.25) is 0 Å². The molecule has 3 unspecified atom stereocenters. The molecular weight excluding hydrogens is 246 g/mol. The molecule has 0 aliphatic heterocycles. The van der Waals surface area contributed by atoms with E-state index in [0.717, 1.165) is 11.8 Å². The maximum Gasteiger partial charge on any atom is 0.492 e. The van der Waals surface area contributed by atoms with Gasteiger partial charge in [0, 0.05) is 11.5 Å². The number of ether oxygens (including phenoxy) is 1. The van der Waals surface area contributed by atoms with Crippen molar-refractivity contribution in [3.63, 3.8) is 0 Å². The highest BCUT2D eigenvalue weighted by Gasteiger charge is 2.39. The lowest BCUT2D eigenvalue weighted by Crippen LogP contribution is -2.32. The number of rotatable bonds is 4. The molecule has 2 aliphatic carbocycles. The lowest BCUT2D eigenvalue weighted by atomic mass is 9.79. The highest BCUT2D eigenvalue weighted by atomic mass is 19.1. The minimum atomic E-state index is -1.63. The van der Waals surface area contributed by atoms with E-state index in [9.17, 15) is 14.4 Å². The molecule has 2 fully saturated rings. The highest BCUT2D eigenvalue weighted by Crippen LogP contribution is 2.48. The molecule has 2 bridgehead atoms. The Bertz CT molecular complexity index is 466. The van der Waals surface area contributed by atoms with Gasteiger partial charge in [0.25, 0.3) is 0 Å². The summed E-state index contributed by atoms with van der Waals surface area (Å²) in [5.41, 5.74) is 0.226. The van der Waals surface area contributed by atoms with Crippen LogP contribution in [-0.4, -0.2) is 23.8 Å². The Kier molecular flexibility index (Phi) is 3.50. The van der Waals surface area contributed by atoms with E-state index in [-0.39, 0.29) is 11.2 Å². The van der Waals surface area contributed by atoms with Gasteiger partial charge < -0.3 is 14.8 Å². The van der Waals surface area contributed by atoms with Crippen LogP contribution in [0.2, 0.25) is 0 Å². The number of halogens is 1. The summed E-state index contributed by atoms with van der Waals surface area (Å²) in [4.78, 5) is 0. The van der Waals surface area contributed by atoms with Gasteiger partial charge >= 0.3 is 7.12 Å². The molecule has 102 valence electrons. The zero-order chi connectivity index (χ0) is 13.4. The molecule has 3 rings (SSSR count). The maximum absolute atomic E-state index is 13.2. The van der Waals surface area contributed by atoms with Gasteiger partial charge in [-0.1, -0.05) is 12.5 Å². The molecule has 19 heavy (non-hydrogen) atoms. The molecule has 2 N–H and O–H groups in total. The Morgan fingerprint density at radius 1 is 1.26 bits per heavy atom. The molecule has 3 atom stereocenters. The van der Waals surface area contributed by atoms with E-state index in [1.807, 2.05) is 0 Å². The Morgan fingerprint density at radius 2 is 2.11 bits per heavy atom. The van der Waals surface area contributed by atoms with Gasteiger partial charge in [0.05, 0.1) is 6.61 Å². The standard InChI is InChI=1S/C14H18BFO3/c16-12-3-4-13(15(17)18)14(7-12)19-8-11-6-9-1-2-10(11)5-9/h3-4,7,9-11,17-18H,1-2,5-6,8H2. The quantitative estimate of drug-likeness (QED) is 0.806. The van der Waals surface area contributed by atoms with E-state index >= 15 is 0 Å². The summed E-state index contributed by atoms with van der Waals surface area (Å²) >= 11 is 0. The molecule has 0 heterocycles. The monoisotopic (exact) mass is 264 g/mol. The lowest BCUT2D eigenvalue weighted by Gasteiger charge is -2.22. The predicted molar refractivity (Wildman–Crippen MR) is 70.7 cm³/mol. The molecule has 0 aromatic heterocycles. The predicted octanol–water partition coefficient (Wildman–Crippen LogP) is 1.32. The molecule has 2 saturated carbocycles. The Labute approximate surface area is 112 Å². The van der Waals surface area contributed by atoms with Crippen LogP contribution in [0.5, 0.6) is 5.75 Å². The number of fused-ring (bicyclic) bond motifs is 2. The average Bonchev–Trinajstić information content (AvgIpc) is 2.98. The lowest BCUT2D eigenvalue weighted by molar-refractivity contribution is 0.195. The van der Waals surface area contributed by atoms with Crippen molar-refractivity contribution in [1.29, 1.82) is 0 Å². The first-order chi connectivity index (χ1) is 9.13. The Morgan fingerprint density at radius 3 is 2.74 bits per heavy atom. The topological polar surface area (TPSA) is 49.7 Å². The van der Waals surface area contributed by atoms with Crippen LogP contribution in [0.4, 0.5) is 4.39 Å². The van der Waals surface area contributed by atoms with Crippen LogP contribution in [0.15, 0.2) is 18.2 Å². The third-order valence-electron chi connectivity index (χ3n) is 4.59. The van der Waals surface area contributed by atoms with Crippen molar-refractivity contribution >= 4 is 12.6 Å². The fourth-order valence-corrected chi connectivity index (χ4v) is 3.62. The van der Waals surface area contributed by atoms with Gasteiger partial charge in [-0.05, 0) is 43.1 Å². The Hall–Kier alpha value is -1.07. The summed E-state index contributed by atoms with van der Waals surface area (Å²) in [6.07, 6.45) is 5.10. The van der Waals surface area contributed by atoms with Crippen LogP contribution in [-0.2, 0) is 0 Å². The van der Waals surface area contributed by atoms with Gasteiger partial charge in [-0.25, -0.2) is 4.39 Å². The molecule has 0 spiro atoms. The SMILES string of the molecule is OB(O)c1ccc(F)cc1OCC1CC2CCC1C2. The summed E-state index contributed by atoms with van der Waals surface area (Å²) in [7, 11) is -1.63. The van der Waals surface area contributed by atoms with E-state index in [1.54, 1.807) is 0 Å². The number of benzene rings is 1. The molecule has 2 aliphatic rings. The first-order valence-corrected chi connectivity index (χ1v) is 6.92. The molecule has 0 amide bonds. The van der Waals surface area contributed by atoms with Crippen molar-refractivity contribution < 1.29 is 19.2 Å². The maximum atomic E-state index is 13.2. The fraction of sp³-hybridized carbons (Fsp3) is 0.571. The molecule has 3 nitrogen and oxygen atoms in total. The van der Waals surface area contributed by atoms with Crippen LogP contribution in [0, 0.1) is 23.6 Å². The van der Waals surface area contributed by atoms with E-state index < -0.39 is 12.9 Å². The van der Waals surface area contributed by atoms with Gasteiger partial charge in [0.2, 0.25) is 0 Å². The van der Waals surface area contributed by atoms with Crippen molar-refractivity contribution in [3.8, 4) is 5.75 Å². The zero-order valence-corrected chi connectivity index (χ0v) is 10.8. The van der Waals surface area contributed by atoms with E-state index in [1.165, 1.54) is 43.9 Å². The molecule has 1 aromatic carbocycles. The fourth-order valence-electron chi connectivity index (χ4n) is 3.62. The van der Waals surface area contributed by atoms with Gasteiger partial charge in [-0.2, -0.15) is 0 Å². The van der Waals surface area contributed by atoms with Crippen LogP contribution in [0.3, 0.4) is 0 Å². The van der Waals surface area contributed by atoms with Crippen LogP contribution >= 0.6 is 0 Å². The summed E-state index contributed by atoms with van der Waals surface area (Å²) in [5.74, 6) is 1.94. The highest BCUT2D eigenvalue weighted by molar-refractivity contribution is 6.59. The van der Waals surface area contributed by atoms with Crippen LogP contribution in [0.1, 0.15) is 25.7 Å². The van der Waals surface area contributed by atoms with E-state index in [2.05, 4.69) is 0 Å². The normalized spacial score (nSPS) is 28.7. The minimum absolute atomic E-state index is 0.226. The molecule has 0 saturated heterocycles. The van der Waals surface area contributed by atoms with Crippen molar-refractivity contribution in [2.24, 2.45) is 17.8 Å².